The molecule has 0 bridgehead atoms. The summed E-state index contributed by atoms with van der Waals surface area (Å²) in [6.45, 7) is 0. The predicted octanol–water partition coefficient (Wildman–Crippen LogP) is 1.56. The monoisotopic (exact) mass is 164 g/mol. The van der Waals surface area contributed by atoms with Crippen LogP contribution in [0.4, 0.5) is 0 Å². The van der Waals surface area contributed by atoms with Gasteiger partial charge in [-0.05, 0) is 12.8 Å². The highest BCUT2D eigenvalue weighted by Crippen LogP contribution is 2.28. The third kappa shape index (κ3) is 1.16. The number of rotatable bonds is 1. The maximum atomic E-state index is 5.03. The Morgan fingerprint density at radius 2 is 2.14 bits per heavy atom. The van der Waals surface area contributed by atoms with Crippen LogP contribution in [0, 0.1) is 0 Å². The lowest BCUT2D eigenvalue weighted by atomic mass is 9.96. The van der Waals surface area contributed by atoms with Crippen LogP contribution in [0.2, 0.25) is 0 Å². The first kappa shape index (κ1) is 5.57. The van der Waals surface area contributed by atoms with E-state index in [1.807, 2.05) is 0 Å². The standard InChI is InChI=1S/C5H9BrO/c1-7-5-2-4(6)3-5/h4-5H,2-3H2,1H3. The molecule has 1 nitrogen and oxygen atoms in total. The molecule has 2 heteroatoms. The van der Waals surface area contributed by atoms with E-state index in [0.717, 1.165) is 4.83 Å². The van der Waals surface area contributed by atoms with Crippen LogP contribution >= 0.6 is 15.9 Å². The minimum Gasteiger partial charge on any atom is -0.381 e. The number of halogens is 1. The van der Waals surface area contributed by atoms with Crippen molar-refractivity contribution in [2.45, 2.75) is 23.8 Å². The second kappa shape index (κ2) is 2.14. The lowest BCUT2D eigenvalue weighted by Crippen LogP contribution is -2.30. The Balaban J connectivity index is 2.06. The largest absolute Gasteiger partial charge is 0.381 e. The van der Waals surface area contributed by atoms with Crippen molar-refractivity contribution in [2.24, 2.45) is 0 Å². The van der Waals surface area contributed by atoms with Gasteiger partial charge in [0.15, 0.2) is 0 Å². The highest BCUT2D eigenvalue weighted by atomic mass is 79.9. The van der Waals surface area contributed by atoms with Gasteiger partial charge in [0.05, 0.1) is 6.10 Å². The number of hydrogen-bond acceptors (Lipinski definition) is 1. The van der Waals surface area contributed by atoms with Gasteiger partial charge in [0.1, 0.15) is 0 Å². The molecule has 1 aliphatic rings. The molecule has 42 valence electrons. The second-order valence-electron chi connectivity index (χ2n) is 1.93. The summed E-state index contributed by atoms with van der Waals surface area (Å²) in [6.07, 6.45) is 2.93. The number of alkyl halides is 1. The smallest absolute Gasteiger partial charge is 0.0592 e. The Bertz CT molecular complexity index is 59.1. The minimum absolute atomic E-state index is 0.546. The van der Waals surface area contributed by atoms with Crippen molar-refractivity contribution < 1.29 is 4.74 Å². The maximum absolute atomic E-state index is 5.03. The lowest BCUT2D eigenvalue weighted by molar-refractivity contribution is 0.0471. The fourth-order valence-electron chi connectivity index (χ4n) is 0.694. The van der Waals surface area contributed by atoms with Gasteiger partial charge in [0, 0.05) is 11.9 Å². The molecule has 1 saturated carbocycles. The fraction of sp³-hybridized carbons (Fsp3) is 1.00. The number of methoxy groups -OCH3 is 1. The Morgan fingerprint density at radius 3 is 2.29 bits per heavy atom. The summed E-state index contributed by atoms with van der Waals surface area (Å²) in [5.41, 5.74) is 0. The minimum atomic E-state index is 0.546. The van der Waals surface area contributed by atoms with E-state index in [1.54, 1.807) is 7.11 Å². The molecular weight excluding hydrogens is 156 g/mol. The van der Waals surface area contributed by atoms with Crippen LogP contribution in [0.15, 0.2) is 0 Å². The molecular formula is C5H9BrO. The molecule has 0 aromatic carbocycles. The molecule has 1 rings (SSSR count). The van der Waals surface area contributed by atoms with Crippen molar-refractivity contribution in [3.05, 3.63) is 0 Å². The van der Waals surface area contributed by atoms with Crippen LogP contribution in [0.1, 0.15) is 12.8 Å². The zero-order chi connectivity index (χ0) is 5.28. The van der Waals surface area contributed by atoms with Gasteiger partial charge >= 0.3 is 0 Å². The second-order valence-corrected chi connectivity index (χ2v) is 3.22. The first-order chi connectivity index (χ1) is 3.33. The van der Waals surface area contributed by atoms with Gasteiger partial charge in [-0.2, -0.15) is 0 Å². The summed E-state index contributed by atoms with van der Waals surface area (Å²) in [7, 11) is 1.77. The van der Waals surface area contributed by atoms with Gasteiger partial charge in [-0.15, -0.1) is 0 Å². The third-order valence-electron chi connectivity index (χ3n) is 1.37. The van der Waals surface area contributed by atoms with Gasteiger partial charge in [-0.25, -0.2) is 0 Å². The van der Waals surface area contributed by atoms with E-state index >= 15 is 0 Å². The first-order valence-corrected chi connectivity index (χ1v) is 3.41. The van der Waals surface area contributed by atoms with E-state index in [-0.39, 0.29) is 0 Å². The van der Waals surface area contributed by atoms with Crippen LogP contribution in [0.25, 0.3) is 0 Å². The van der Waals surface area contributed by atoms with Crippen molar-refractivity contribution in [1.29, 1.82) is 0 Å². The number of ether oxygens (including phenoxy) is 1. The first-order valence-electron chi connectivity index (χ1n) is 2.50. The normalized spacial score (nSPS) is 40.3. The highest BCUT2D eigenvalue weighted by Gasteiger charge is 2.25. The summed E-state index contributed by atoms with van der Waals surface area (Å²) >= 11 is 3.46. The van der Waals surface area contributed by atoms with Gasteiger partial charge < -0.3 is 4.74 Å². The van der Waals surface area contributed by atoms with E-state index in [0.29, 0.717) is 6.10 Å². The van der Waals surface area contributed by atoms with Crippen molar-refractivity contribution in [3.63, 3.8) is 0 Å². The average molecular weight is 165 g/mol. The molecule has 1 fully saturated rings. The lowest BCUT2D eigenvalue weighted by Gasteiger charge is -2.29. The van der Waals surface area contributed by atoms with Gasteiger partial charge in [0.2, 0.25) is 0 Å². The van der Waals surface area contributed by atoms with Crippen LogP contribution < -0.4 is 0 Å². The summed E-state index contributed by atoms with van der Waals surface area (Å²) in [5.74, 6) is 0. The number of hydrogen-bond donors (Lipinski definition) is 0. The molecule has 0 aromatic rings. The van der Waals surface area contributed by atoms with Gasteiger partial charge in [-0.1, -0.05) is 15.9 Å². The summed E-state index contributed by atoms with van der Waals surface area (Å²) in [4.78, 5) is 0.734. The molecule has 0 atom stereocenters. The summed E-state index contributed by atoms with van der Waals surface area (Å²) in [6, 6.07) is 0. The van der Waals surface area contributed by atoms with Crippen LogP contribution in [0.3, 0.4) is 0 Å². The van der Waals surface area contributed by atoms with E-state index in [1.165, 1.54) is 12.8 Å². The maximum Gasteiger partial charge on any atom is 0.0592 e. The van der Waals surface area contributed by atoms with E-state index in [2.05, 4.69) is 15.9 Å². The predicted molar refractivity (Wildman–Crippen MR) is 32.7 cm³/mol. The van der Waals surface area contributed by atoms with Gasteiger partial charge in [0.25, 0.3) is 0 Å². The fourth-order valence-corrected chi connectivity index (χ4v) is 1.53. The molecule has 0 unspecified atom stereocenters. The van der Waals surface area contributed by atoms with E-state index in [9.17, 15) is 0 Å². The molecule has 0 heterocycles. The van der Waals surface area contributed by atoms with Gasteiger partial charge in [-0.3, -0.25) is 0 Å². The summed E-state index contributed by atoms with van der Waals surface area (Å²) in [5, 5.41) is 0. The molecule has 1 aliphatic carbocycles. The molecule has 0 radical (unpaired) electrons. The van der Waals surface area contributed by atoms with Crippen LogP contribution in [-0.4, -0.2) is 18.0 Å². The van der Waals surface area contributed by atoms with Crippen molar-refractivity contribution in [1.82, 2.24) is 0 Å². The molecule has 0 aromatic heterocycles. The quantitative estimate of drug-likeness (QED) is 0.535. The topological polar surface area (TPSA) is 9.23 Å². The molecule has 0 aliphatic heterocycles. The zero-order valence-corrected chi connectivity index (χ0v) is 5.94. The Morgan fingerprint density at radius 1 is 1.57 bits per heavy atom. The molecule has 0 spiro atoms. The average Bonchev–Trinajstić information content (AvgIpc) is 1.58. The third-order valence-corrected chi connectivity index (χ3v) is 2.12. The highest BCUT2D eigenvalue weighted by molar-refractivity contribution is 9.09. The Hall–Kier alpha value is 0.440. The summed E-state index contributed by atoms with van der Waals surface area (Å²) < 4.78 is 5.03. The molecule has 0 amide bonds. The van der Waals surface area contributed by atoms with Crippen molar-refractivity contribution in [3.8, 4) is 0 Å². The van der Waals surface area contributed by atoms with Crippen LogP contribution in [0.5, 0.6) is 0 Å². The Labute approximate surface area is 52.2 Å². The van der Waals surface area contributed by atoms with Crippen LogP contribution in [-0.2, 0) is 4.74 Å². The van der Waals surface area contributed by atoms with Crippen molar-refractivity contribution in [2.75, 3.05) is 7.11 Å². The Kier molecular flexibility index (Phi) is 1.70. The van der Waals surface area contributed by atoms with E-state index in [4.69, 9.17) is 4.74 Å². The van der Waals surface area contributed by atoms with Crippen molar-refractivity contribution >= 4 is 15.9 Å². The molecule has 7 heavy (non-hydrogen) atoms. The van der Waals surface area contributed by atoms with E-state index < -0.39 is 0 Å². The molecule has 0 saturated heterocycles. The SMILES string of the molecule is COC1CC(Br)C1. The zero-order valence-electron chi connectivity index (χ0n) is 4.36. The molecule has 0 N–H and O–H groups in total.